The van der Waals surface area contributed by atoms with Gasteiger partial charge >= 0.3 is 0 Å². The van der Waals surface area contributed by atoms with Gasteiger partial charge in [0.25, 0.3) is 5.91 Å². The first-order chi connectivity index (χ1) is 12.2. The lowest BCUT2D eigenvalue weighted by molar-refractivity contribution is -0.122. The molecular weight excluding hydrogens is 362 g/mol. The zero-order valence-corrected chi connectivity index (χ0v) is 14.8. The van der Waals surface area contributed by atoms with Crippen molar-refractivity contribution in [2.24, 2.45) is 0 Å². The standard InChI is InChI=1S/C17H13NO5S2/c1-20-12-7-14-13(22-9-23-14)5-10(12)6-15-16(19)18(17(24)25-15)8-11-3-2-4-21-11/h2-7H,8-9H2,1H3/b15-6+. The minimum Gasteiger partial charge on any atom is -0.496 e. The summed E-state index contributed by atoms with van der Waals surface area (Å²) >= 11 is 6.58. The molecule has 0 N–H and O–H groups in total. The Morgan fingerprint density at radius 2 is 2.16 bits per heavy atom. The second-order valence-corrected chi connectivity index (χ2v) is 6.97. The lowest BCUT2D eigenvalue weighted by atomic mass is 10.1. The third kappa shape index (κ3) is 2.98. The Morgan fingerprint density at radius 3 is 2.88 bits per heavy atom. The van der Waals surface area contributed by atoms with Crippen molar-refractivity contribution in [2.75, 3.05) is 13.9 Å². The van der Waals surface area contributed by atoms with Crippen LogP contribution in [0.15, 0.2) is 39.9 Å². The Bertz CT molecular complexity index is 875. The van der Waals surface area contributed by atoms with E-state index in [9.17, 15) is 4.79 Å². The number of benzene rings is 1. The fourth-order valence-electron chi connectivity index (χ4n) is 2.56. The molecule has 25 heavy (non-hydrogen) atoms. The summed E-state index contributed by atoms with van der Waals surface area (Å²) < 4.78 is 21.9. The molecule has 2 aromatic rings. The summed E-state index contributed by atoms with van der Waals surface area (Å²) in [5.74, 6) is 2.36. The number of amides is 1. The number of rotatable bonds is 4. The minimum absolute atomic E-state index is 0.161. The topological polar surface area (TPSA) is 61.1 Å². The molecule has 0 aliphatic carbocycles. The van der Waals surface area contributed by atoms with Gasteiger partial charge in [0.2, 0.25) is 6.79 Å². The second kappa shape index (κ2) is 6.45. The van der Waals surface area contributed by atoms with Crippen molar-refractivity contribution in [1.82, 2.24) is 4.90 Å². The molecule has 2 aliphatic rings. The van der Waals surface area contributed by atoms with Gasteiger partial charge in [0.15, 0.2) is 11.5 Å². The Kier molecular flexibility index (Phi) is 4.14. The summed E-state index contributed by atoms with van der Waals surface area (Å²) in [6, 6.07) is 7.13. The molecule has 1 aromatic carbocycles. The van der Waals surface area contributed by atoms with E-state index >= 15 is 0 Å². The Labute approximate surface area is 153 Å². The van der Waals surface area contributed by atoms with Crippen LogP contribution in [0.5, 0.6) is 17.2 Å². The molecule has 3 heterocycles. The molecule has 2 aliphatic heterocycles. The van der Waals surface area contributed by atoms with Gasteiger partial charge in [0, 0.05) is 11.6 Å². The number of thioether (sulfide) groups is 1. The average Bonchev–Trinajstić information content (AvgIpc) is 3.32. The van der Waals surface area contributed by atoms with Crippen molar-refractivity contribution in [3.8, 4) is 17.2 Å². The fraction of sp³-hybridized carbons (Fsp3) is 0.176. The van der Waals surface area contributed by atoms with Crippen LogP contribution >= 0.6 is 24.0 Å². The number of carbonyl (C=O) groups excluding carboxylic acids is 1. The van der Waals surface area contributed by atoms with Gasteiger partial charge in [-0.3, -0.25) is 9.69 Å². The predicted molar refractivity (Wildman–Crippen MR) is 96.5 cm³/mol. The van der Waals surface area contributed by atoms with Crippen LogP contribution in [0.1, 0.15) is 11.3 Å². The Hall–Kier alpha value is -2.45. The number of nitrogens with zero attached hydrogens (tertiary/aromatic N) is 1. The van der Waals surface area contributed by atoms with E-state index in [4.69, 9.17) is 30.8 Å². The molecule has 4 rings (SSSR count). The molecule has 0 atom stereocenters. The monoisotopic (exact) mass is 375 g/mol. The number of ether oxygens (including phenoxy) is 3. The molecule has 8 heteroatoms. The van der Waals surface area contributed by atoms with Gasteiger partial charge in [-0.15, -0.1) is 0 Å². The molecule has 1 saturated heterocycles. The minimum atomic E-state index is -0.161. The van der Waals surface area contributed by atoms with E-state index in [0.29, 0.717) is 38.8 Å². The highest BCUT2D eigenvalue weighted by atomic mass is 32.2. The first kappa shape index (κ1) is 16.0. The normalized spacial score (nSPS) is 17.6. The van der Waals surface area contributed by atoms with Crippen LogP contribution in [0.2, 0.25) is 0 Å². The van der Waals surface area contributed by atoms with Crippen LogP contribution in [0.25, 0.3) is 6.08 Å². The summed E-state index contributed by atoms with van der Waals surface area (Å²) in [6.45, 7) is 0.487. The molecule has 0 unspecified atom stereocenters. The van der Waals surface area contributed by atoms with Crippen molar-refractivity contribution in [3.05, 3.63) is 46.8 Å². The summed E-state index contributed by atoms with van der Waals surface area (Å²) in [4.78, 5) is 14.7. The predicted octanol–water partition coefficient (Wildman–Crippen LogP) is 3.42. The van der Waals surface area contributed by atoms with Crippen molar-refractivity contribution in [2.45, 2.75) is 6.54 Å². The van der Waals surface area contributed by atoms with E-state index in [1.54, 1.807) is 37.6 Å². The highest BCUT2D eigenvalue weighted by Crippen LogP contribution is 2.41. The molecule has 1 amide bonds. The molecule has 1 aromatic heterocycles. The van der Waals surface area contributed by atoms with Crippen LogP contribution in [-0.2, 0) is 11.3 Å². The molecule has 0 spiro atoms. The molecule has 0 bridgehead atoms. The number of hydrogen-bond acceptors (Lipinski definition) is 7. The van der Waals surface area contributed by atoms with Crippen molar-refractivity contribution < 1.29 is 23.4 Å². The van der Waals surface area contributed by atoms with Crippen LogP contribution in [0, 0.1) is 0 Å². The van der Waals surface area contributed by atoms with E-state index in [0.717, 1.165) is 5.56 Å². The molecule has 1 fully saturated rings. The fourth-order valence-corrected chi connectivity index (χ4v) is 3.81. The van der Waals surface area contributed by atoms with Crippen LogP contribution in [0.4, 0.5) is 0 Å². The molecule has 6 nitrogen and oxygen atoms in total. The van der Waals surface area contributed by atoms with Gasteiger partial charge < -0.3 is 18.6 Å². The van der Waals surface area contributed by atoms with E-state index in [2.05, 4.69) is 0 Å². The van der Waals surface area contributed by atoms with Crippen LogP contribution in [0.3, 0.4) is 0 Å². The lowest BCUT2D eigenvalue weighted by Gasteiger charge is -2.12. The van der Waals surface area contributed by atoms with Crippen molar-refractivity contribution >= 4 is 40.3 Å². The smallest absolute Gasteiger partial charge is 0.266 e. The van der Waals surface area contributed by atoms with Gasteiger partial charge in [-0.25, -0.2) is 0 Å². The molecule has 0 saturated carbocycles. The van der Waals surface area contributed by atoms with E-state index in [-0.39, 0.29) is 12.7 Å². The third-order valence-electron chi connectivity index (χ3n) is 3.78. The molecule has 128 valence electrons. The number of fused-ring (bicyclic) bond motifs is 1. The lowest BCUT2D eigenvalue weighted by Crippen LogP contribution is -2.27. The van der Waals surface area contributed by atoms with Crippen LogP contribution < -0.4 is 14.2 Å². The van der Waals surface area contributed by atoms with Gasteiger partial charge in [0.1, 0.15) is 15.8 Å². The van der Waals surface area contributed by atoms with E-state index in [1.807, 2.05) is 6.07 Å². The summed E-state index contributed by atoms with van der Waals surface area (Å²) in [7, 11) is 1.57. The summed E-state index contributed by atoms with van der Waals surface area (Å²) in [5.41, 5.74) is 0.727. The second-order valence-electron chi connectivity index (χ2n) is 5.29. The van der Waals surface area contributed by atoms with Gasteiger partial charge in [-0.05, 0) is 24.3 Å². The Morgan fingerprint density at radius 1 is 1.36 bits per heavy atom. The maximum absolute atomic E-state index is 12.7. The maximum Gasteiger partial charge on any atom is 0.266 e. The van der Waals surface area contributed by atoms with Crippen molar-refractivity contribution in [1.29, 1.82) is 0 Å². The van der Waals surface area contributed by atoms with Gasteiger partial charge in [-0.1, -0.05) is 24.0 Å². The number of thiocarbonyl (C=S) groups is 1. The van der Waals surface area contributed by atoms with E-state index < -0.39 is 0 Å². The number of methoxy groups -OCH3 is 1. The first-order valence-electron chi connectivity index (χ1n) is 7.41. The largest absolute Gasteiger partial charge is 0.496 e. The average molecular weight is 375 g/mol. The maximum atomic E-state index is 12.7. The summed E-state index contributed by atoms with van der Waals surface area (Å²) in [6.07, 6.45) is 3.32. The Balaban J connectivity index is 1.64. The van der Waals surface area contributed by atoms with Crippen LogP contribution in [-0.4, -0.2) is 29.0 Å². The SMILES string of the molecule is COc1cc2c(cc1/C=C1/SC(=S)N(Cc3ccco3)C1=O)OCO2. The highest BCUT2D eigenvalue weighted by molar-refractivity contribution is 8.26. The number of furan rings is 1. The third-order valence-corrected chi connectivity index (χ3v) is 5.16. The zero-order chi connectivity index (χ0) is 17.4. The quantitative estimate of drug-likeness (QED) is 0.599. The molecule has 0 radical (unpaired) electrons. The van der Waals surface area contributed by atoms with Gasteiger partial charge in [-0.2, -0.15) is 0 Å². The molecular formula is C17H13NO5S2. The number of hydrogen-bond donors (Lipinski definition) is 0. The summed E-state index contributed by atoms with van der Waals surface area (Å²) in [5, 5.41) is 0. The first-order valence-corrected chi connectivity index (χ1v) is 8.63. The van der Waals surface area contributed by atoms with Crippen molar-refractivity contribution in [3.63, 3.8) is 0 Å². The van der Waals surface area contributed by atoms with Gasteiger partial charge in [0.05, 0.1) is 24.8 Å². The zero-order valence-electron chi connectivity index (χ0n) is 13.2. The highest BCUT2D eigenvalue weighted by Gasteiger charge is 2.33. The van der Waals surface area contributed by atoms with E-state index in [1.165, 1.54) is 16.7 Å². The number of carbonyl (C=O) groups is 1.